The van der Waals surface area contributed by atoms with Gasteiger partial charge in [-0.3, -0.25) is 62.9 Å². The number of phenolic OH excluding ortho intramolecular Hbond substituents is 1. The van der Waals surface area contributed by atoms with E-state index in [-0.39, 0.29) is 84.2 Å². The molecule has 9 atom stereocenters. The molecule has 3 saturated heterocycles. The molecule has 3 fully saturated rings. The maximum atomic E-state index is 15.3. The zero-order valence-corrected chi connectivity index (χ0v) is 78.9. The molecule has 30 nitrogen and oxygen atoms in total. The average molecular weight is 2070 g/mol. The standard InChI is InChI=1S/C31H34F5N3O7.C27H30F5N3O5.C22H23NO7.C9H13F5N2O.CH4.Cl2OS.ClH/c1-17-21(12-9-13-23(17)45-18(2)40)26(42)38-22(14-20-10-7-6-8-11-20)24(46-19(3)41)28(44)39-16-30(32,33)29(4,5)25(39)27(43)37-15-31(34,35)36;1-15-17(10-7-11-19(15)36)22(38)34-18(12-16-8-5-4-6-9-16)20(37)24(40)35-14-26(28,29)25(2,3)21(35)23(39)33-13-27(30,31)32;1-13-17(10-7-11-19(13)29-14(2)24)21(26)23-18(12-16-8-5-4-6-9-16)20(22(27)28)30-15(3)25;1-7(2)5(15-3-8(7,10)11)6(17)16-4-9(12,13)14;;1-4(2)3;/h6-13,22,24-25H,14-16H2,1-5H3,(H,37,43)(H,38,42);4-11,18,20-21,36-37H,12-14H2,1-3H3,(H,33,39)(H,34,38);4-11,18,20H,12H2,1-3H3,(H,23,26)(H,27,28);5,15H,3-4H2,1-2H3,(H,16,17);1H4;;1H/t22-,24-,25?;18-,20-,21?;18-,20-;;;;/m000..../s1. The molecule has 8 amide bonds. The number of carboxylic acids is 1. The van der Waals surface area contributed by atoms with Gasteiger partial charge in [0.2, 0.25) is 39.2 Å². The van der Waals surface area contributed by atoms with Crippen molar-refractivity contribution < 1.29 is 167 Å². The molecule has 3 aliphatic heterocycles. The quantitative estimate of drug-likeness (QED) is 0.00944. The molecule has 0 bridgehead atoms. The second-order valence-electron chi connectivity index (χ2n) is 33.2. The number of aliphatic hydroxyl groups is 1. The summed E-state index contributed by atoms with van der Waals surface area (Å²) in [6.45, 7) is 6.47. The van der Waals surface area contributed by atoms with Gasteiger partial charge < -0.3 is 76.0 Å². The van der Waals surface area contributed by atoms with Crippen LogP contribution in [0.3, 0.4) is 0 Å². The minimum absolute atomic E-state index is 0. The number of alkyl halides is 15. The van der Waals surface area contributed by atoms with E-state index < -0.39 is 233 Å². The van der Waals surface area contributed by atoms with Crippen LogP contribution in [0.1, 0.15) is 141 Å². The van der Waals surface area contributed by atoms with Crippen LogP contribution in [-0.4, -0.2) is 237 Å². The van der Waals surface area contributed by atoms with Gasteiger partial charge in [-0.05, 0) is 93.1 Å². The van der Waals surface area contributed by atoms with Crippen molar-refractivity contribution in [2.75, 3.05) is 39.3 Å². The van der Waals surface area contributed by atoms with Crippen molar-refractivity contribution >= 4 is 120 Å². The predicted octanol–water partition coefficient (Wildman–Crippen LogP) is 12.4. The predicted molar refractivity (Wildman–Crippen MR) is 477 cm³/mol. The molecule has 3 unspecified atom stereocenters. The summed E-state index contributed by atoms with van der Waals surface area (Å²) in [5.41, 5.74) is -3.40. The zero-order valence-electron chi connectivity index (χ0n) is 75.7. The van der Waals surface area contributed by atoms with E-state index in [2.05, 4.69) is 42.6 Å². The van der Waals surface area contributed by atoms with Crippen molar-refractivity contribution in [1.29, 1.82) is 0 Å². The van der Waals surface area contributed by atoms with E-state index in [0.29, 0.717) is 26.5 Å². The van der Waals surface area contributed by atoms with Gasteiger partial charge in [0.15, 0.2) is 6.10 Å². The third-order valence-electron chi connectivity index (χ3n) is 21.9. The van der Waals surface area contributed by atoms with E-state index in [1.54, 1.807) is 120 Å². The molecule has 0 saturated carbocycles. The van der Waals surface area contributed by atoms with Gasteiger partial charge in [-0.15, -0.1) is 12.4 Å². The molecule has 139 heavy (non-hydrogen) atoms. The molecule has 3 aliphatic rings. The molecule has 0 aromatic heterocycles. The van der Waals surface area contributed by atoms with Gasteiger partial charge in [0.1, 0.15) is 49.0 Å². The minimum Gasteiger partial charge on any atom is -0.508 e. The number of likely N-dealkylation sites (tertiary alicyclic amines) is 2. The lowest BCUT2D eigenvalue weighted by molar-refractivity contribution is -0.164. The lowest BCUT2D eigenvalue weighted by atomic mass is 9.81. The van der Waals surface area contributed by atoms with Crippen LogP contribution < -0.4 is 46.7 Å². The highest BCUT2D eigenvalue weighted by Gasteiger charge is 2.67. The van der Waals surface area contributed by atoms with Crippen LogP contribution >= 0.6 is 33.8 Å². The normalized spacial score (nSPS) is 17.9. The fourth-order valence-electron chi connectivity index (χ4n) is 14.4. The van der Waals surface area contributed by atoms with Crippen LogP contribution in [-0.2, 0) is 85.9 Å². The fraction of sp³-hybridized carbons (Fsp3) is 0.456. The number of carbonyl (C=O) groups excluding carboxylic acids is 12. The number of carboxylic acid groups (broad SMARTS) is 1. The highest BCUT2D eigenvalue weighted by Crippen LogP contribution is 2.50. The summed E-state index contributed by atoms with van der Waals surface area (Å²) in [6.07, 6.45) is -20.2. The maximum Gasteiger partial charge on any atom is 0.405 e. The Morgan fingerprint density at radius 2 is 0.763 bits per heavy atom. The number of phenols is 1. The first-order valence-electron chi connectivity index (χ1n) is 41.0. The Labute approximate surface area is 805 Å². The number of aliphatic carboxylic acids is 1. The van der Waals surface area contributed by atoms with Crippen molar-refractivity contribution in [1.82, 2.24) is 47.0 Å². The molecular weight excluding hydrogens is 1970 g/mol. The van der Waals surface area contributed by atoms with E-state index in [4.69, 9.17) is 23.2 Å². The van der Waals surface area contributed by atoms with Crippen molar-refractivity contribution in [3.63, 3.8) is 0 Å². The molecule has 0 spiro atoms. The number of rotatable bonds is 28. The summed E-state index contributed by atoms with van der Waals surface area (Å²) in [6, 6.07) is 29.1. The van der Waals surface area contributed by atoms with Gasteiger partial charge in [0.05, 0.1) is 60.0 Å². The van der Waals surface area contributed by atoms with E-state index >= 15 is 8.78 Å². The Kier molecular flexibility index (Phi) is 44.3. The number of hydrogen-bond acceptors (Lipinski definition) is 21. The van der Waals surface area contributed by atoms with Crippen molar-refractivity contribution in [2.24, 2.45) is 16.2 Å². The highest BCUT2D eigenvalue weighted by atomic mass is 36.0. The lowest BCUT2D eigenvalue weighted by Crippen LogP contribution is -2.59. The monoisotopic (exact) mass is 2070 g/mol. The summed E-state index contributed by atoms with van der Waals surface area (Å²) >= 11 is 0. The summed E-state index contributed by atoms with van der Waals surface area (Å²) < 4.78 is 229. The van der Waals surface area contributed by atoms with Crippen molar-refractivity contribution in [3.8, 4) is 17.2 Å². The molecule has 6 aromatic rings. The number of amides is 8. The van der Waals surface area contributed by atoms with Crippen LogP contribution in [0.2, 0.25) is 0 Å². The number of halogens is 18. The second-order valence-corrected chi connectivity index (χ2v) is 35.7. The average Bonchev–Trinajstić information content (AvgIpc) is 1.59. The van der Waals surface area contributed by atoms with Gasteiger partial charge in [0.25, 0.3) is 47.3 Å². The molecule has 0 radical (unpaired) electrons. The van der Waals surface area contributed by atoms with Gasteiger partial charge in [-0.2, -0.15) is 39.5 Å². The summed E-state index contributed by atoms with van der Waals surface area (Å²) in [5.74, 6) is -23.7. The summed E-state index contributed by atoms with van der Waals surface area (Å²) in [4.78, 5) is 163. The number of nitrogens with zero attached hydrogens (tertiary/aromatic N) is 2. The Morgan fingerprint density at radius 1 is 0.453 bits per heavy atom. The number of carbonyl (C=O) groups is 13. The third kappa shape index (κ3) is 34.6. The maximum absolute atomic E-state index is 15.3. The van der Waals surface area contributed by atoms with E-state index in [1.165, 1.54) is 63.2 Å². The van der Waals surface area contributed by atoms with Crippen LogP contribution in [0, 0.1) is 37.0 Å². The highest BCUT2D eigenvalue weighted by molar-refractivity contribution is 8.26. The molecule has 49 heteroatoms. The second kappa shape index (κ2) is 50.8. The number of esters is 4. The molecular formula is C90H105Cl3F15N9O21S. The molecule has 0 aliphatic carbocycles. The Morgan fingerprint density at radius 3 is 1.09 bits per heavy atom. The largest absolute Gasteiger partial charge is 0.508 e. The van der Waals surface area contributed by atoms with E-state index in [9.17, 15) is 135 Å². The smallest absolute Gasteiger partial charge is 0.405 e. The van der Waals surface area contributed by atoms with Crippen LogP contribution in [0.15, 0.2) is 146 Å². The van der Waals surface area contributed by atoms with Gasteiger partial charge in [0, 0.05) is 82.4 Å². The van der Waals surface area contributed by atoms with E-state index in [1.807, 2.05) is 6.07 Å². The number of nitrogens with one attached hydrogen (secondary N) is 7. The molecule has 10 N–H and O–H groups in total. The van der Waals surface area contributed by atoms with Gasteiger partial charge in [-0.25, -0.2) is 35.3 Å². The number of aliphatic hydroxyl groups excluding tert-OH is 1. The number of hydrogen-bond donors (Lipinski definition) is 10. The molecule has 768 valence electrons. The van der Waals surface area contributed by atoms with Crippen molar-refractivity contribution in [3.05, 3.63) is 196 Å². The lowest BCUT2D eigenvalue weighted by Gasteiger charge is -2.35. The Balaban J connectivity index is 0.000000489. The number of benzene rings is 6. The van der Waals surface area contributed by atoms with Crippen molar-refractivity contribution in [2.45, 2.75) is 208 Å². The fourth-order valence-corrected chi connectivity index (χ4v) is 14.4. The Bertz CT molecular complexity index is 5320. The molecule has 3 heterocycles. The van der Waals surface area contributed by atoms with Crippen LogP contribution in [0.5, 0.6) is 17.2 Å². The van der Waals surface area contributed by atoms with Crippen LogP contribution in [0.25, 0.3) is 0 Å². The topological polar surface area (TPSA) is 427 Å². The number of ether oxygens (including phenoxy) is 4. The van der Waals surface area contributed by atoms with Crippen LogP contribution in [0.4, 0.5) is 65.9 Å². The number of aromatic hydroxyl groups is 1. The molecule has 6 aromatic carbocycles. The zero-order chi connectivity index (χ0) is 104. The van der Waals surface area contributed by atoms with Gasteiger partial charge >= 0.3 is 48.4 Å². The van der Waals surface area contributed by atoms with Gasteiger partial charge in [-0.1, -0.05) is 158 Å². The first-order chi connectivity index (χ1) is 63.1. The van der Waals surface area contributed by atoms with E-state index in [0.717, 1.165) is 67.9 Å². The summed E-state index contributed by atoms with van der Waals surface area (Å²) in [7, 11) is 7.36. The first-order valence-corrected chi connectivity index (χ1v) is 43.8. The summed E-state index contributed by atoms with van der Waals surface area (Å²) in [5, 5.41) is 45.3. The first kappa shape index (κ1) is 121. The Hall–Kier alpha value is -11.9. The molecule has 9 rings (SSSR count). The minimum atomic E-state index is -4.87. The third-order valence-corrected chi connectivity index (χ3v) is 21.9. The SMILES string of the molecule is C.CC(=O)Oc1cccc(C(=O)N[C@@H](Cc2ccccc2)[C@H](OC(C)=O)C(=O)N2CC(F)(F)C(C)(C)C2C(=O)NCC(F)(F)F)c1C.CC(=O)Oc1cccc(C(=O)N[C@@H](Cc2ccccc2)[C@H](OC(C)=O)C(=O)O)c1C.CC1(C)C(C(=O)NCC(F)(F)F)NCC1(F)F.Cc1c(O)cccc1C(=O)N[C@@H](Cc1ccccc1)[C@H](O)C(=O)N1CC(F)(F)C(C)(C)C1C(=O)NCC(F)(F)F.Cl.O=S(Cl)Cl.